The summed E-state index contributed by atoms with van der Waals surface area (Å²) in [6, 6.07) is 0.952. The Morgan fingerprint density at radius 1 is 1.71 bits per heavy atom. The van der Waals surface area contributed by atoms with E-state index in [4.69, 9.17) is 5.11 Å². The average molecular weight is 198 g/mol. The fraction of sp³-hybridized carbons (Fsp3) is 0.333. The fourth-order valence-electron chi connectivity index (χ4n) is 0.928. The summed E-state index contributed by atoms with van der Waals surface area (Å²) in [6.45, 7) is 2.55. The van der Waals surface area contributed by atoms with Crippen molar-refractivity contribution in [1.82, 2.24) is 4.98 Å². The van der Waals surface area contributed by atoms with E-state index in [1.54, 1.807) is 0 Å². The van der Waals surface area contributed by atoms with Crippen LogP contribution in [0.25, 0.3) is 0 Å². The van der Waals surface area contributed by atoms with Crippen molar-refractivity contribution >= 4 is 11.8 Å². The van der Waals surface area contributed by atoms with Crippen LogP contribution in [0.3, 0.4) is 0 Å². The SMILES string of the molecule is CCCNc1ncc(C(=O)O)cc1F. The van der Waals surface area contributed by atoms with Crippen molar-refractivity contribution in [3.8, 4) is 0 Å². The number of nitrogens with one attached hydrogen (secondary N) is 1. The van der Waals surface area contributed by atoms with Gasteiger partial charge in [0.15, 0.2) is 11.6 Å². The molecule has 1 rings (SSSR count). The van der Waals surface area contributed by atoms with Gasteiger partial charge in [-0.05, 0) is 12.5 Å². The smallest absolute Gasteiger partial charge is 0.337 e. The first-order valence-corrected chi connectivity index (χ1v) is 4.28. The minimum Gasteiger partial charge on any atom is -0.478 e. The van der Waals surface area contributed by atoms with E-state index in [0.717, 1.165) is 18.7 Å². The summed E-state index contributed by atoms with van der Waals surface area (Å²) >= 11 is 0. The van der Waals surface area contributed by atoms with Gasteiger partial charge in [0.1, 0.15) is 0 Å². The van der Waals surface area contributed by atoms with E-state index in [0.29, 0.717) is 6.54 Å². The molecule has 14 heavy (non-hydrogen) atoms. The number of halogens is 1. The van der Waals surface area contributed by atoms with Crippen molar-refractivity contribution in [3.63, 3.8) is 0 Å². The summed E-state index contributed by atoms with van der Waals surface area (Å²) < 4.78 is 13.1. The highest BCUT2D eigenvalue weighted by Crippen LogP contribution is 2.11. The molecule has 0 unspecified atom stereocenters. The van der Waals surface area contributed by atoms with Gasteiger partial charge in [-0.1, -0.05) is 6.92 Å². The van der Waals surface area contributed by atoms with Gasteiger partial charge in [-0.15, -0.1) is 0 Å². The van der Waals surface area contributed by atoms with Gasteiger partial charge in [-0.3, -0.25) is 0 Å². The van der Waals surface area contributed by atoms with Crippen LogP contribution in [-0.4, -0.2) is 22.6 Å². The Kier molecular flexibility index (Phi) is 3.39. The maximum absolute atomic E-state index is 13.1. The lowest BCUT2D eigenvalue weighted by atomic mass is 10.3. The molecule has 1 heterocycles. The number of carboxylic acid groups (broad SMARTS) is 1. The lowest BCUT2D eigenvalue weighted by Gasteiger charge is -2.04. The highest BCUT2D eigenvalue weighted by Gasteiger charge is 2.08. The summed E-state index contributed by atoms with van der Waals surface area (Å²) in [5.41, 5.74) is -0.149. The average Bonchev–Trinajstić information content (AvgIpc) is 2.15. The predicted octanol–water partition coefficient (Wildman–Crippen LogP) is 1.74. The van der Waals surface area contributed by atoms with Gasteiger partial charge in [-0.25, -0.2) is 14.2 Å². The first kappa shape index (κ1) is 10.4. The molecular formula is C9H11FN2O2. The monoisotopic (exact) mass is 198 g/mol. The van der Waals surface area contributed by atoms with Gasteiger partial charge in [0.05, 0.1) is 5.56 Å². The van der Waals surface area contributed by atoms with E-state index in [1.165, 1.54) is 0 Å². The van der Waals surface area contributed by atoms with Gasteiger partial charge in [0, 0.05) is 12.7 Å². The molecule has 0 saturated heterocycles. The number of carbonyl (C=O) groups is 1. The lowest BCUT2D eigenvalue weighted by Crippen LogP contribution is -2.06. The van der Waals surface area contributed by atoms with Crippen LogP contribution >= 0.6 is 0 Å². The number of nitrogens with zero attached hydrogens (tertiary/aromatic N) is 1. The summed E-state index contributed by atoms with van der Waals surface area (Å²) in [7, 11) is 0. The topological polar surface area (TPSA) is 62.2 Å². The Labute approximate surface area is 80.8 Å². The number of hydrogen-bond acceptors (Lipinski definition) is 3. The third-order valence-electron chi connectivity index (χ3n) is 1.63. The van der Waals surface area contributed by atoms with Gasteiger partial charge in [0.25, 0.3) is 0 Å². The zero-order valence-electron chi connectivity index (χ0n) is 7.75. The molecule has 1 aromatic rings. The zero-order valence-corrected chi connectivity index (χ0v) is 7.75. The molecule has 0 aromatic carbocycles. The number of anilines is 1. The van der Waals surface area contributed by atoms with E-state index < -0.39 is 11.8 Å². The minimum atomic E-state index is -1.18. The van der Waals surface area contributed by atoms with Gasteiger partial charge >= 0.3 is 5.97 Å². The standard InChI is InChI=1S/C9H11FN2O2/c1-2-3-11-8-7(10)4-6(5-12-8)9(13)14/h4-5H,2-3H2,1H3,(H,11,12)(H,13,14). The molecule has 0 amide bonds. The molecule has 0 aliphatic carbocycles. The second kappa shape index (κ2) is 4.55. The molecule has 0 atom stereocenters. The molecule has 4 nitrogen and oxygen atoms in total. The first-order valence-electron chi connectivity index (χ1n) is 4.28. The number of hydrogen-bond donors (Lipinski definition) is 2. The highest BCUT2D eigenvalue weighted by atomic mass is 19.1. The van der Waals surface area contributed by atoms with Crippen molar-refractivity contribution in [1.29, 1.82) is 0 Å². The van der Waals surface area contributed by atoms with Crippen molar-refractivity contribution < 1.29 is 14.3 Å². The summed E-state index contributed by atoms with van der Waals surface area (Å²) in [5.74, 6) is -1.73. The number of aromatic carboxylic acids is 1. The van der Waals surface area contributed by atoms with Crippen LogP contribution in [0.2, 0.25) is 0 Å². The minimum absolute atomic E-state index is 0.0943. The largest absolute Gasteiger partial charge is 0.478 e. The van der Waals surface area contributed by atoms with Crippen LogP contribution in [0.5, 0.6) is 0 Å². The van der Waals surface area contributed by atoms with Crippen molar-refractivity contribution in [3.05, 3.63) is 23.6 Å². The maximum atomic E-state index is 13.1. The molecule has 76 valence electrons. The Hall–Kier alpha value is -1.65. The van der Waals surface area contributed by atoms with E-state index in [1.807, 2.05) is 6.92 Å². The molecule has 0 saturated carbocycles. The number of carboxylic acids is 1. The highest BCUT2D eigenvalue weighted by molar-refractivity contribution is 5.87. The molecule has 0 spiro atoms. The van der Waals surface area contributed by atoms with E-state index in [9.17, 15) is 9.18 Å². The predicted molar refractivity (Wildman–Crippen MR) is 49.9 cm³/mol. The number of rotatable bonds is 4. The molecule has 0 aliphatic rings. The Bertz CT molecular complexity index is 342. The van der Waals surface area contributed by atoms with Crippen LogP contribution in [0.4, 0.5) is 10.2 Å². The quantitative estimate of drug-likeness (QED) is 0.773. The molecule has 1 aromatic heterocycles. The van der Waals surface area contributed by atoms with Crippen molar-refractivity contribution in [2.45, 2.75) is 13.3 Å². The third-order valence-corrected chi connectivity index (χ3v) is 1.63. The molecular weight excluding hydrogens is 187 g/mol. The van der Waals surface area contributed by atoms with E-state index >= 15 is 0 Å². The second-order valence-corrected chi connectivity index (χ2v) is 2.79. The van der Waals surface area contributed by atoms with Crippen LogP contribution in [-0.2, 0) is 0 Å². The molecule has 2 N–H and O–H groups in total. The van der Waals surface area contributed by atoms with Crippen molar-refractivity contribution in [2.24, 2.45) is 0 Å². The third kappa shape index (κ3) is 2.42. The maximum Gasteiger partial charge on any atom is 0.337 e. The van der Waals surface area contributed by atoms with Gasteiger partial charge in [-0.2, -0.15) is 0 Å². The van der Waals surface area contributed by atoms with Crippen LogP contribution in [0, 0.1) is 5.82 Å². The summed E-state index contributed by atoms with van der Waals surface area (Å²) in [4.78, 5) is 14.1. The first-order chi connectivity index (χ1) is 6.65. The Morgan fingerprint density at radius 2 is 2.43 bits per heavy atom. The molecule has 5 heteroatoms. The number of aromatic nitrogens is 1. The van der Waals surface area contributed by atoms with Crippen LogP contribution in [0.1, 0.15) is 23.7 Å². The number of pyridine rings is 1. The van der Waals surface area contributed by atoms with E-state index in [2.05, 4.69) is 10.3 Å². The second-order valence-electron chi connectivity index (χ2n) is 2.79. The Balaban J connectivity index is 2.84. The Morgan fingerprint density at radius 3 is 2.93 bits per heavy atom. The van der Waals surface area contributed by atoms with Crippen molar-refractivity contribution in [2.75, 3.05) is 11.9 Å². The van der Waals surface area contributed by atoms with Gasteiger partial charge in [0.2, 0.25) is 0 Å². The molecule has 0 bridgehead atoms. The van der Waals surface area contributed by atoms with Crippen LogP contribution in [0.15, 0.2) is 12.3 Å². The summed E-state index contributed by atoms with van der Waals surface area (Å²) in [6.07, 6.45) is 1.98. The lowest BCUT2D eigenvalue weighted by molar-refractivity contribution is 0.0696. The van der Waals surface area contributed by atoms with Crippen LogP contribution < -0.4 is 5.32 Å². The van der Waals surface area contributed by atoms with E-state index in [-0.39, 0.29) is 11.4 Å². The zero-order chi connectivity index (χ0) is 10.6. The normalized spacial score (nSPS) is 9.86. The molecule has 0 fully saturated rings. The molecule has 0 aliphatic heterocycles. The van der Waals surface area contributed by atoms with Gasteiger partial charge < -0.3 is 10.4 Å². The summed E-state index contributed by atoms with van der Waals surface area (Å²) in [5, 5.41) is 11.3. The fourth-order valence-corrected chi connectivity index (χ4v) is 0.928. The molecule has 0 radical (unpaired) electrons.